The highest BCUT2D eigenvalue weighted by atomic mass is 31.1. The zero-order valence-electron chi connectivity index (χ0n) is 9.42. The van der Waals surface area contributed by atoms with Crippen molar-refractivity contribution in [3.63, 3.8) is 0 Å². The summed E-state index contributed by atoms with van der Waals surface area (Å²) in [5, 5.41) is 0. The van der Waals surface area contributed by atoms with E-state index >= 15 is 0 Å². The maximum atomic E-state index is 4.96. The van der Waals surface area contributed by atoms with Gasteiger partial charge in [-0.15, -0.1) is 7.92 Å². The second-order valence-electron chi connectivity index (χ2n) is 2.62. The molecule has 0 fully saturated rings. The molecule has 0 aromatic heterocycles. The van der Waals surface area contributed by atoms with Gasteiger partial charge in [-0.1, -0.05) is 28.2 Å². The monoisotopic (exact) mass is 226 g/mol. The third-order valence-electron chi connectivity index (χ3n) is 1.84. The van der Waals surface area contributed by atoms with Gasteiger partial charge >= 0.3 is 0 Å². The van der Waals surface area contributed by atoms with Crippen molar-refractivity contribution in [1.82, 2.24) is 0 Å². The van der Waals surface area contributed by atoms with Crippen LogP contribution in [-0.4, -0.2) is 38.9 Å². The summed E-state index contributed by atoms with van der Waals surface area (Å²) in [6, 6.07) is 0. The highest BCUT2D eigenvalue weighted by Gasteiger charge is 1.88. The zero-order valence-corrected chi connectivity index (χ0v) is 11.2. The molecular weight excluding hydrogens is 198 g/mol. The third kappa shape index (κ3) is 19.3. The molecule has 0 bridgehead atoms. The predicted molar refractivity (Wildman–Crippen MR) is 71.1 cm³/mol. The average molecular weight is 226 g/mol. The Balaban J connectivity index is -0.000000143. The maximum absolute atomic E-state index is 4.96. The van der Waals surface area contributed by atoms with Gasteiger partial charge in [-0.2, -0.15) is 0 Å². The quantitative estimate of drug-likeness (QED) is 0.643. The van der Waals surface area contributed by atoms with Crippen molar-refractivity contribution < 1.29 is 4.52 Å². The minimum Gasteiger partial charge on any atom is -0.363 e. The minimum absolute atomic E-state index is 0. The normalized spacial score (nSPS) is 11.3. The topological polar surface area (TPSA) is 9.23 Å². The zero-order chi connectivity index (χ0) is 9.98. The van der Waals surface area contributed by atoms with Crippen molar-refractivity contribution in [2.24, 2.45) is 0 Å². The molecule has 0 saturated heterocycles. The average Bonchev–Trinajstić information content (AvgIpc) is 2.16. The molecule has 1 unspecified atom stereocenters. The first-order valence-electron chi connectivity index (χ1n) is 4.56. The summed E-state index contributed by atoms with van der Waals surface area (Å²) in [7, 11) is 2.11. The van der Waals surface area contributed by atoms with Crippen LogP contribution < -0.4 is 0 Å². The van der Waals surface area contributed by atoms with E-state index < -0.39 is 0 Å². The van der Waals surface area contributed by atoms with Crippen LogP contribution in [0.25, 0.3) is 0 Å². The molecule has 0 N–H and O–H groups in total. The Morgan fingerprint density at radius 2 is 1.31 bits per heavy atom. The molecule has 0 aliphatic heterocycles. The third-order valence-corrected chi connectivity index (χ3v) is 5.51. The second kappa shape index (κ2) is 15.3. The van der Waals surface area contributed by atoms with Crippen molar-refractivity contribution >= 4 is 16.1 Å². The summed E-state index contributed by atoms with van der Waals surface area (Å²) in [5.74, 6) is 0. The lowest BCUT2D eigenvalue weighted by molar-refractivity contribution is 0.465. The summed E-state index contributed by atoms with van der Waals surface area (Å²) in [5.41, 5.74) is 0. The molecule has 0 heterocycles. The van der Waals surface area contributed by atoms with Crippen molar-refractivity contribution in [3.8, 4) is 0 Å². The lowest BCUT2D eigenvalue weighted by Crippen LogP contribution is -1.75. The molecule has 0 aromatic carbocycles. The van der Waals surface area contributed by atoms with E-state index in [2.05, 4.69) is 34.1 Å². The van der Waals surface area contributed by atoms with E-state index in [4.69, 9.17) is 4.52 Å². The Kier molecular flexibility index (Phi) is 22.8. The Labute approximate surface area is 88.2 Å². The van der Waals surface area contributed by atoms with Gasteiger partial charge in [0.15, 0.2) is 0 Å². The molecule has 1 atom stereocenters. The molecule has 0 rings (SSSR count). The molecule has 0 amide bonds. The van der Waals surface area contributed by atoms with Gasteiger partial charge in [0.25, 0.3) is 0 Å². The lowest BCUT2D eigenvalue weighted by Gasteiger charge is -2.01. The summed E-state index contributed by atoms with van der Waals surface area (Å²) in [6.45, 7) is 11.1. The van der Waals surface area contributed by atoms with E-state index in [9.17, 15) is 0 Å². The first-order valence-corrected chi connectivity index (χ1v) is 8.61. The molecule has 0 aliphatic rings. The molecule has 0 spiro atoms. The molecule has 0 aliphatic carbocycles. The number of hydrogen-bond acceptors (Lipinski definition) is 1. The second-order valence-corrected chi connectivity index (χ2v) is 7.85. The fraction of sp³-hybridized carbons (Fsp3) is 1.00. The van der Waals surface area contributed by atoms with Gasteiger partial charge in [-0.05, 0) is 31.8 Å². The minimum atomic E-state index is -0.0761. The van der Waals surface area contributed by atoms with Crippen LogP contribution in [-0.2, 0) is 4.52 Å². The van der Waals surface area contributed by atoms with Crippen LogP contribution in [0.2, 0.25) is 0 Å². The lowest BCUT2D eigenvalue weighted by atomic mass is 11.0. The fourth-order valence-corrected chi connectivity index (χ4v) is 1.06. The van der Waals surface area contributed by atoms with Crippen LogP contribution in [0, 0.1) is 0 Å². The molecule has 1 nitrogen and oxygen atoms in total. The van der Waals surface area contributed by atoms with Crippen LogP contribution >= 0.6 is 16.1 Å². The molecule has 84 valence electrons. The van der Waals surface area contributed by atoms with Crippen LogP contribution in [0.1, 0.15) is 28.2 Å². The van der Waals surface area contributed by atoms with Crippen LogP contribution in [0.5, 0.6) is 0 Å². The SMILES string of the molecule is C.CCP(C)CC.CCP(C)OC. The number of rotatable bonds is 4. The van der Waals surface area contributed by atoms with Gasteiger partial charge in [0.1, 0.15) is 0 Å². The van der Waals surface area contributed by atoms with Gasteiger partial charge in [-0.3, -0.25) is 0 Å². The van der Waals surface area contributed by atoms with Crippen molar-refractivity contribution in [2.75, 3.05) is 38.9 Å². The summed E-state index contributed by atoms with van der Waals surface area (Å²) >= 11 is 0. The van der Waals surface area contributed by atoms with Crippen LogP contribution in [0.3, 0.4) is 0 Å². The molecule has 0 radical (unpaired) electrons. The van der Waals surface area contributed by atoms with Crippen molar-refractivity contribution in [3.05, 3.63) is 0 Å². The summed E-state index contributed by atoms with van der Waals surface area (Å²) in [4.78, 5) is 0. The first-order chi connectivity index (χ1) is 5.62. The van der Waals surface area contributed by atoms with Gasteiger partial charge in [0.2, 0.25) is 0 Å². The van der Waals surface area contributed by atoms with E-state index in [1.165, 1.54) is 18.5 Å². The van der Waals surface area contributed by atoms with E-state index in [0.717, 1.165) is 0 Å². The highest BCUT2D eigenvalue weighted by molar-refractivity contribution is 7.56. The van der Waals surface area contributed by atoms with E-state index in [-0.39, 0.29) is 15.6 Å². The van der Waals surface area contributed by atoms with Gasteiger partial charge in [0.05, 0.1) is 0 Å². The first kappa shape index (κ1) is 19.4. The van der Waals surface area contributed by atoms with Crippen LogP contribution in [0.4, 0.5) is 0 Å². The van der Waals surface area contributed by atoms with E-state index in [1.807, 2.05) is 0 Å². The Morgan fingerprint density at radius 1 is 0.923 bits per heavy atom. The molecule has 13 heavy (non-hydrogen) atoms. The largest absolute Gasteiger partial charge is 0.363 e. The van der Waals surface area contributed by atoms with Crippen LogP contribution in [0.15, 0.2) is 0 Å². The summed E-state index contributed by atoms with van der Waals surface area (Å²) < 4.78 is 4.96. The Morgan fingerprint density at radius 3 is 1.31 bits per heavy atom. The fourth-order valence-electron chi connectivity index (χ4n) is 0.353. The van der Waals surface area contributed by atoms with Gasteiger partial charge in [-0.25, -0.2) is 0 Å². The van der Waals surface area contributed by atoms with Crippen molar-refractivity contribution in [1.29, 1.82) is 0 Å². The highest BCUT2D eigenvalue weighted by Crippen LogP contribution is 2.28. The van der Waals surface area contributed by atoms with E-state index in [1.54, 1.807) is 7.11 Å². The maximum Gasteiger partial charge on any atom is 0.0398 e. The van der Waals surface area contributed by atoms with Gasteiger partial charge in [0, 0.05) is 15.3 Å². The number of hydrogen-bond donors (Lipinski definition) is 0. The van der Waals surface area contributed by atoms with E-state index in [0.29, 0.717) is 7.92 Å². The standard InChI is InChI=1S/C5H13P.C4H11OP.CH4/c2*1-4-6(3)5-2;/h4-5H2,1-3H3;4H2,1-3H3;1H4. The predicted octanol–water partition coefficient (Wildman–Crippen LogP) is 4.45. The molecule has 0 aromatic rings. The smallest absolute Gasteiger partial charge is 0.0398 e. The molecule has 0 saturated carbocycles. The van der Waals surface area contributed by atoms with Crippen molar-refractivity contribution in [2.45, 2.75) is 28.2 Å². The molecule has 3 heteroatoms. The van der Waals surface area contributed by atoms with Gasteiger partial charge < -0.3 is 4.52 Å². The Hall–Kier alpha value is 0.820. The Bertz CT molecular complexity index is 61.3. The summed E-state index contributed by atoms with van der Waals surface area (Å²) in [6.07, 6.45) is 3.96. The molecular formula is C10H28OP2.